The zero-order valence-electron chi connectivity index (χ0n) is 13.4. The molecule has 0 spiro atoms. The summed E-state index contributed by atoms with van der Waals surface area (Å²) in [5.41, 5.74) is 1.04. The monoisotopic (exact) mass is 327 g/mol. The summed E-state index contributed by atoms with van der Waals surface area (Å²) < 4.78 is 1.87. The van der Waals surface area contributed by atoms with Crippen LogP contribution in [0.1, 0.15) is 19.3 Å². The lowest BCUT2D eigenvalue weighted by atomic mass is 9.79. The van der Waals surface area contributed by atoms with Gasteiger partial charge in [-0.1, -0.05) is 18.2 Å². The number of hydrogen-bond donors (Lipinski definition) is 2. The number of aliphatic carboxylic acids is 1. The number of carbonyl (C=O) groups excluding carboxylic acids is 1. The highest BCUT2D eigenvalue weighted by Gasteiger charge is 2.53. The number of benzene rings is 1. The van der Waals surface area contributed by atoms with E-state index in [0.29, 0.717) is 13.1 Å². The highest BCUT2D eigenvalue weighted by Crippen LogP contribution is 2.52. The summed E-state index contributed by atoms with van der Waals surface area (Å²) in [5.74, 6) is -1.38. The number of fused-ring (bicyclic) bond motifs is 3. The molecule has 1 amide bonds. The van der Waals surface area contributed by atoms with Crippen molar-refractivity contribution >= 4 is 22.8 Å². The average Bonchev–Trinajstić information content (AvgIpc) is 3.28. The molecule has 4 atom stereocenters. The third-order valence-corrected chi connectivity index (χ3v) is 5.68. The normalized spacial score (nSPS) is 28.3. The van der Waals surface area contributed by atoms with Crippen molar-refractivity contribution in [1.29, 1.82) is 0 Å². The summed E-state index contributed by atoms with van der Waals surface area (Å²) in [7, 11) is 0. The Labute approximate surface area is 139 Å². The molecule has 24 heavy (non-hydrogen) atoms. The van der Waals surface area contributed by atoms with E-state index in [4.69, 9.17) is 0 Å². The van der Waals surface area contributed by atoms with Gasteiger partial charge < -0.3 is 10.4 Å². The summed E-state index contributed by atoms with van der Waals surface area (Å²) in [6.45, 7) is 1.04. The molecule has 0 radical (unpaired) electrons. The number of aromatic nitrogens is 2. The van der Waals surface area contributed by atoms with Crippen molar-refractivity contribution in [1.82, 2.24) is 15.1 Å². The molecule has 2 saturated carbocycles. The minimum Gasteiger partial charge on any atom is -0.481 e. The van der Waals surface area contributed by atoms with Crippen molar-refractivity contribution in [3.05, 3.63) is 30.5 Å². The highest BCUT2D eigenvalue weighted by molar-refractivity contribution is 5.86. The predicted octanol–water partition coefficient (Wildman–Crippen LogP) is 1.90. The van der Waals surface area contributed by atoms with E-state index in [1.807, 2.05) is 35.1 Å². The van der Waals surface area contributed by atoms with Crippen molar-refractivity contribution in [3.8, 4) is 0 Å². The third kappa shape index (κ3) is 2.46. The maximum absolute atomic E-state index is 12.5. The van der Waals surface area contributed by atoms with Crippen LogP contribution in [-0.2, 0) is 16.1 Å². The number of carboxylic acids is 1. The number of nitrogens with one attached hydrogen (secondary N) is 1. The summed E-state index contributed by atoms with van der Waals surface area (Å²) >= 11 is 0. The van der Waals surface area contributed by atoms with Gasteiger partial charge in [-0.2, -0.15) is 5.10 Å². The van der Waals surface area contributed by atoms with Crippen LogP contribution < -0.4 is 5.32 Å². The lowest BCUT2D eigenvalue weighted by Gasteiger charge is -2.27. The van der Waals surface area contributed by atoms with Gasteiger partial charge in [0.2, 0.25) is 5.91 Å². The van der Waals surface area contributed by atoms with E-state index in [0.717, 1.165) is 30.2 Å². The van der Waals surface area contributed by atoms with Crippen LogP contribution in [0.2, 0.25) is 0 Å². The fourth-order valence-corrected chi connectivity index (χ4v) is 4.63. The first-order valence-electron chi connectivity index (χ1n) is 8.56. The molecule has 2 aromatic rings. The van der Waals surface area contributed by atoms with Gasteiger partial charge in [-0.3, -0.25) is 14.3 Å². The summed E-state index contributed by atoms with van der Waals surface area (Å²) in [4.78, 5) is 24.1. The van der Waals surface area contributed by atoms with E-state index in [1.54, 1.807) is 0 Å². The van der Waals surface area contributed by atoms with Gasteiger partial charge in [0, 0.05) is 11.9 Å². The Bertz CT molecular complexity index is 785. The Kier molecular flexibility index (Phi) is 3.75. The standard InChI is InChI=1S/C18H21N3O3/c22-17(15-11-5-6-12(9-11)16(15)18(23)24)19-7-8-21-14-4-2-1-3-13(14)10-20-21/h1-4,10-12,15-16H,5-9H2,(H,19,22)(H,23,24)/t11-,12+,15-,16+/m1/s1. The molecule has 0 saturated heterocycles. The smallest absolute Gasteiger partial charge is 0.307 e. The summed E-state index contributed by atoms with van der Waals surface area (Å²) in [6.07, 6.45) is 4.63. The van der Waals surface area contributed by atoms with Crippen molar-refractivity contribution in [2.45, 2.75) is 25.8 Å². The van der Waals surface area contributed by atoms with Crippen molar-refractivity contribution < 1.29 is 14.7 Å². The minimum absolute atomic E-state index is 0.105. The topological polar surface area (TPSA) is 84.2 Å². The molecule has 6 heteroatoms. The molecule has 6 nitrogen and oxygen atoms in total. The van der Waals surface area contributed by atoms with E-state index in [9.17, 15) is 14.7 Å². The Morgan fingerprint density at radius 3 is 2.75 bits per heavy atom. The average molecular weight is 327 g/mol. The SMILES string of the molecule is O=C(NCCn1ncc2ccccc21)[C@@H]1[C@@H]2CC[C@@H](C2)[C@@H]1C(=O)O. The number of nitrogens with zero attached hydrogens (tertiary/aromatic N) is 2. The lowest BCUT2D eigenvalue weighted by molar-refractivity contribution is -0.149. The van der Waals surface area contributed by atoms with Crippen LogP contribution in [0, 0.1) is 23.7 Å². The largest absolute Gasteiger partial charge is 0.481 e. The van der Waals surface area contributed by atoms with Crippen LogP contribution in [0.15, 0.2) is 30.5 Å². The number of hydrogen-bond acceptors (Lipinski definition) is 3. The first-order valence-corrected chi connectivity index (χ1v) is 8.56. The molecule has 2 aliphatic carbocycles. The Morgan fingerprint density at radius 2 is 1.96 bits per heavy atom. The molecule has 0 aliphatic heterocycles. The maximum Gasteiger partial charge on any atom is 0.307 e. The molecule has 4 rings (SSSR count). The highest BCUT2D eigenvalue weighted by atomic mass is 16.4. The molecule has 126 valence electrons. The second kappa shape index (κ2) is 5.92. The van der Waals surface area contributed by atoms with E-state index >= 15 is 0 Å². The first-order chi connectivity index (χ1) is 11.6. The van der Waals surface area contributed by atoms with Gasteiger partial charge in [0.05, 0.1) is 30.1 Å². The third-order valence-electron chi connectivity index (χ3n) is 5.68. The number of amides is 1. The maximum atomic E-state index is 12.5. The molecule has 1 aromatic heterocycles. The van der Waals surface area contributed by atoms with Crippen LogP contribution in [0.3, 0.4) is 0 Å². The van der Waals surface area contributed by atoms with Gasteiger partial charge in [-0.05, 0) is 37.2 Å². The Balaban J connectivity index is 1.39. The summed E-state index contributed by atoms with van der Waals surface area (Å²) in [5, 5.41) is 17.8. The van der Waals surface area contributed by atoms with Gasteiger partial charge in [0.25, 0.3) is 0 Å². The van der Waals surface area contributed by atoms with Crippen LogP contribution in [0.25, 0.3) is 10.9 Å². The quantitative estimate of drug-likeness (QED) is 0.878. The summed E-state index contributed by atoms with van der Waals surface area (Å²) in [6, 6.07) is 7.94. The molecule has 2 aliphatic rings. The molecule has 1 heterocycles. The number of carboxylic acid groups (broad SMARTS) is 1. The van der Waals surface area contributed by atoms with Crippen molar-refractivity contribution in [3.63, 3.8) is 0 Å². The molecular weight excluding hydrogens is 306 g/mol. The molecule has 2 N–H and O–H groups in total. The zero-order valence-corrected chi connectivity index (χ0v) is 13.4. The van der Waals surface area contributed by atoms with E-state index in [-0.39, 0.29) is 23.7 Å². The van der Waals surface area contributed by atoms with Gasteiger partial charge in [0.1, 0.15) is 0 Å². The van der Waals surface area contributed by atoms with E-state index < -0.39 is 11.9 Å². The fourth-order valence-electron chi connectivity index (χ4n) is 4.63. The van der Waals surface area contributed by atoms with Crippen LogP contribution in [0.5, 0.6) is 0 Å². The van der Waals surface area contributed by atoms with Crippen LogP contribution >= 0.6 is 0 Å². The lowest BCUT2D eigenvalue weighted by Crippen LogP contribution is -2.42. The van der Waals surface area contributed by atoms with Crippen LogP contribution in [-0.4, -0.2) is 33.3 Å². The zero-order chi connectivity index (χ0) is 16.7. The van der Waals surface area contributed by atoms with Crippen molar-refractivity contribution in [2.75, 3.05) is 6.54 Å². The van der Waals surface area contributed by atoms with Gasteiger partial charge in [0.15, 0.2) is 0 Å². The second-order valence-electron chi connectivity index (χ2n) is 6.94. The number of carbonyl (C=O) groups is 2. The molecule has 2 bridgehead atoms. The van der Waals surface area contributed by atoms with Gasteiger partial charge in [-0.15, -0.1) is 0 Å². The Morgan fingerprint density at radius 1 is 1.21 bits per heavy atom. The van der Waals surface area contributed by atoms with Gasteiger partial charge >= 0.3 is 5.97 Å². The second-order valence-corrected chi connectivity index (χ2v) is 6.94. The molecular formula is C18H21N3O3. The predicted molar refractivity (Wildman–Crippen MR) is 88.2 cm³/mol. The molecule has 0 unspecified atom stereocenters. The fraction of sp³-hybridized carbons (Fsp3) is 0.500. The van der Waals surface area contributed by atoms with E-state index in [1.165, 1.54) is 0 Å². The van der Waals surface area contributed by atoms with Crippen LogP contribution in [0.4, 0.5) is 0 Å². The van der Waals surface area contributed by atoms with Crippen molar-refractivity contribution in [2.24, 2.45) is 23.7 Å². The number of para-hydroxylation sites is 1. The van der Waals surface area contributed by atoms with Gasteiger partial charge in [-0.25, -0.2) is 0 Å². The molecule has 1 aromatic carbocycles. The molecule has 2 fully saturated rings. The Hall–Kier alpha value is -2.37. The minimum atomic E-state index is -0.819. The first kappa shape index (κ1) is 15.2. The number of rotatable bonds is 5. The van der Waals surface area contributed by atoms with E-state index in [2.05, 4.69) is 10.4 Å².